The van der Waals surface area contributed by atoms with E-state index in [1.165, 1.54) is 24.6 Å². The first-order valence-corrected chi connectivity index (χ1v) is 10.4. The van der Waals surface area contributed by atoms with Crippen molar-refractivity contribution in [2.24, 2.45) is 11.7 Å². The molecule has 1 rings (SSSR count). The zero-order valence-corrected chi connectivity index (χ0v) is 17.3. The minimum absolute atomic E-state index is 0.0109. The van der Waals surface area contributed by atoms with Gasteiger partial charge in [-0.2, -0.15) is 0 Å². The number of carbonyl (C=O) groups is 2. The largest absolute Gasteiger partial charge is 0.370 e. The summed E-state index contributed by atoms with van der Waals surface area (Å²) in [6.07, 6.45) is 5.23. The Hall–Kier alpha value is -1.57. The van der Waals surface area contributed by atoms with Gasteiger partial charge in [-0.1, -0.05) is 51.8 Å². The first-order chi connectivity index (χ1) is 12.3. The molecule has 0 bridgehead atoms. The van der Waals surface area contributed by atoms with Crippen LogP contribution < -0.4 is 11.1 Å². The highest BCUT2D eigenvalue weighted by atomic mass is 32.2. The molecule has 1 heterocycles. The number of unbranched alkanes of at least 4 members (excludes halogenated alkanes) is 2. The van der Waals surface area contributed by atoms with E-state index in [9.17, 15) is 9.59 Å². The molecule has 0 aliphatic heterocycles. The van der Waals surface area contributed by atoms with Crippen LogP contribution in [-0.2, 0) is 22.6 Å². The van der Waals surface area contributed by atoms with Crippen LogP contribution in [0.5, 0.6) is 0 Å². The van der Waals surface area contributed by atoms with Crippen LogP contribution in [0, 0.1) is 5.92 Å². The van der Waals surface area contributed by atoms with Gasteiger partial charge in [0, 0.05) is 25.4 Å². The molecule has 26 heavy (non-hydrogen) atoms. The van der Waals surface area contributed by atoms with Gasteiger partial charge in [-0.3, -0.25) is 9.59 Å². The number of nitrogens with zero attached hydrogens (tertiary/aromatic N) is 3. The fraction of sp³-hybridized carbons (Fsp3) is 0.778. The number of carbonyl (C=O) groups excluding carboxylic acids is 2. The Balaban J connectivity index is 2.59. The fourth-order valence-corrected chi connectivity index (χ4v) is 3.39. The van der Waals surface area contributed by atoms with Gasteiger partial charge < -0.3 is 15.6 Å². The zero-order chi connectivity index (χ0) is 19.5. The van der Waals surface area contributed by atoms with Crippen molar-refractivity contribution in [1.82, 2.24) is 20.1 Å². The highest BCUT2D eigenvalue weighted by Crippen LogP contribution is 2.19. The molecule has 0 spiro atoms. The second kappa shape index (κ2) is 11.9. The van der Waals surface area contributed by atoms with Crippen LogP contribution in [0.3, 0.4) is 0 Å². The van der Waals surface area contributed by atoms with Gasteiger partial charge in [-0.25, -0.2) is 0 Å². The molecule has 0 saturated carbocycles. The molecule has 0 aliphatic rings. The Kier molecular flexibility index (Phi) is 10.3. The summed E-state index contributed by atoms with van der Waals surface area (Å²) in [5, 5.41) is 12.1. The molecule has 0 radical (unpaired) electrons. The number of aromatic nitrogens is 3. The van der Waals surface area contributed by atoms with Gasteiger partial charge in [-0.15, -0.1) is 10.2 Å². The van der Waals surface area contributed by atoms with Crippen molar-refractivity contribution in [1.29, 1.82) is 0 Å². The Morgan fingerprint density at radius 2 is 1.96 bits per heavy atom. The van der Waals surface area contributed by atoms with E-state index in [0.29, 0.717) is 23.2 Å². The molecule has 1 atom stereocenters. The van der Waals surface area contributed by atoms with Gasteiger partial charge in [0.05, 0.1) is 5.75 Å². The SMILES string of the molecule is CCCCCC(C)NC(=O)CSc1nnc(CCC(N)=O)n1CC(C)C. The maximum Gasteiger partial charge on any atom is 0.230 e. The quantitative estimate of drug-likeness (QED) is 0.402. The number of hydrogen-bond acceptors (Lipinski definition) is 5. The van der Waals surface area contributed by atoms with E-state index in [0.717, 1.165) is 25.2 Å². The van der Waals surface area contributed by atoms with Crippen molar-refractivity contribution < 1.29 is 9.59 Å². The summed E-state index contributed by atoms with van der Waals surface area (Å²) in [7, 11) is 0. The van der Waals surface area contributed by atoms with Crippen molar-refractivity contribution in [2.75, 3.05) is 5.75 Å². The zero-order valence-electron chi connectivity index (χ0n) is 16.5. The predicted molar refractivity (Wildman–Crippen MR) is 105 cm³/mol. The van der Waals surface area contributed by atoms with E-state index in [2.05, 4.69) is 36.3 Å². The number of hydrogen-bond donors (Lipinski definition) is 2. The standard InChI is InChI=1S/C18H33N5O2S/c1-5-6-7-8-14(4)20-17(25)12-26-18-22-21-16(10-9-15(19)24)23(18)11-13(2)3/h13-14H,5-12H2,1-4H3,(H2,19,24)(H,20,25). The van der Waals surface area contributed by atoms with Gasteiger partial charge >= 0.3 is 0 Å². The van der Waals surface area contributed by atoms with Crippen molar-refractivity contribution in [3.63, 3.8) is 0 Å². The normalized spacial score (nSPS) is 12.3. The Morgan fingerprint density at radius 3 is 2.58 bits per heavy atom. The van der Waals surface area contributed by atoms with E-state index in [1.807, 2.05) is 11.5 Å². The molecule has 3 N–H and O–H groups in total. The molecule has 1 aromatic rings. The van der Waals surface area contributed by atoms with Gasteiger partial charge in [0.2, 0.25) is 11.8 Å². The molecule has 0 aromatic carbocycles. The third-order valence-corrected chi connectivity index (χ3v) is 4.88. The summed E-state index contributed by atoms with van der Waals surface area (Å²) in [5.41, 5.74) is 5.23. The predicted octanol–water partition coefficient (Wildman–Crippen LogP) is 2.53. The first-order valence-electron chi connectivity index (χ1n) is 9.46. The maximum absolute atomic E-state index is 12.2. The van der Waals surface area contributed by atoms with Crippen LogP contribution in [0.25, 0.3) is 0 Å². The van der Waals surface area contributed by atoms with Gasteiger partial charge in [0.1, 0.15) is 5.82 Å². The maximum atomic E-state index is 12.2. The van der Waals surface area contributed by atoms with E-state index < -0.39 is 0 Å². The van der Waals surface area contributed by atoms with Crippen molar-refractivity contribution >= 4 is 23.6 Å². The number of amides is 2. The lowest BCUT2D eigenvalue weighted by Gasteiger charge is -2.14. The van der Waals surface area contributed by atoms with E-state index in [4.69, 9.17) is 5.73 Å². The molecule has 7 nitrogen and oxygen atoms in total. The summed E-state index contributed by atoms with van der Waals surface area (Å²) in [5.74, 6) is 1.12. The van der Waals surface area contributed by atoms with Crippen molar-refractivity contribution in [3.05, 3.63) is 5.82 Å². The topological polar surface area (TPSA) is 103 Å². The smallest absolute Gasteiger partial charge is 0.230 e. The molecule has 0 fully saturated rings. The van der Waals surface area contributed by atoms with Crippen LogP contribution in [0.15, 0.2) is 5.16 Å². The van der Waals surface area contributed by atoms with E-state index >= 15 is 0 Å². The summed E-state index contributed by atoms with van der Waals surface area (Å²) in [6.45, 7) is 9.18. The third kappa shape index (κ3) is 8.69. The summed E-state index contributed by atoms with van der Waals surface area (Å²) >= 11 is 1.38. The molecule has 1 unspecified atom stereocenters. The molecule has 1 aromatic heterocycles. The Bertz CT molecular complexity index is 574. The van der Waals surface area contributed by atoms with Gasteiger partial charge in [-0.05, 0) is 19.3 Å². The van der Waals surface area contributed by atoms with Crippen LogP contribution >= 0.6 is 11.8 Å². The number of nitrogens with one attached hydrogen (secondary N) is 1. The highest BCUT2D eigenvalue weighted by Gasteiger charge is 2.16. The molecular formula is C18H33N5O2S. The molecule has 8 heteroatoms. The number of thioether (sulfide) groups is 1. The molecule has 148 valence electrons. The summed E-state index contributed by atoms with van der Waals surface area (Å²) in [4.78, 5) is 23.2. The number of rotatable bonds is 13. The summed E-state index contributed by atoms with van der Waals surface area (Å²) < 4.78 is 2.00. The number of primary amides is 1. The lowest BCUT2D eigenvalue weighted by atomic mass is 10.1. The second-order valence-electron chi connectivity index (χ2n) is 7.12. The molecular weight excluding hydrogens is 350 g/mol. The van der Waals surface area contributed by atoms with Gasteiger partial charge in [0.25, 0.3) is 0 Å². The van der Waals surface area contributed by atoms with Crippen molar-refractivity contribution in [3.8, 4) is 0 Å². The van der Waals surface area contributed by atoms with Crippen LogP contribution in [0.4, 0.5) is 0 Å². The number of nitrogens with two attached hydrogens (primary N) is 1. The van der Waals surface area contributed by atoms with Crippen LogP contribution in [0.1, 0.15) is 65.6 Å². The lowest BCUT2D eigenvalue weighted by Crippen LogP contribution is -2.33. The molecule has 0 saturated heterocycles. The minimum Gasteiger partial charge on any atom is -0.370 e. The number of aryl methyl sites for hydroxylation is 1. The van der Waals surface area contributed by atoms with Crippen LogP contribution in [-0.4, -0.2) is 38.4 Å². The first kappa shape index (κ1) is 22.5. The molecule has 2 amide bonds. The Labute approximate surface area is 160 Å². The minimum atomic E-state index is -0.352. The van der Waals surface area contributed by atoms with E-state index in [-0.39, 0.29) is 24.3 Å². The van der Waals surface area contributed by atoms with Crippen molar-refractivity contribution in [2.45, 2.75) is 84.0 Å². The average molecular weight is 384 g/mol. The third-order valence-electron chi connectivity index (χ3n) is 3.92. The van der Waals surface area contributed by atoms with E-state index in [1.54, 1.807) is 0 Å². The lowest BCUT2D eigenvalue weighted by molar-refractivity contribution is -0.119. The molecule has 0 aliphatic carbocycles. The average Bonchev–Trinajstić information content (AvgIpc) is 2.92. The fourth-order valence-electron chi connectivity index (χ4n) is 2.61. The second-order valence-corrected chi connectivity index (χ2v) is 8.07. The van der Waals surface area contributed by atoms with Gasteiger partial charge in [0.15, 0.2) is 5.16 Å². The monoisotopic (exact) mass is 383 g/mol. The summed E-state index contributed by atoms with van der Waals surface area (Å²) in [6, 6.07) is 0.189. The van der Waals surface area contributed by atoms with Crippen LogP contribution in [0.2, 0.25) is 0 Å². The Morgan fingerprint density at radius 1 is 1.23 bits per heavy atom. The highest BCUT2D eigenvalue weighted by molar-refractivity contribution is 7.99.